The monoisotopic (exact) mass is 427 g/mol. The number of anilines is 1. The molecule has 0 aliphatic carbocycles. The van der Waals surface area contributed by atoms with Crippen molar-refractivity contribution in [2.24, 2.45) is 11.1 Å². The quantitative estimate of drug-likeness (QED) is 0.436. The first-order valence-electron chi connectivity index (χ1n) is 9.81. The number of carbonyl (C=O) groups excluding carboxylic acids is 2. The van der Waals surface area contributed by atoms with E-state index < -0.39 is 11.3 Å². The Labute approximate surface area is 183 Å². The molecule has 0 saturated carbocycles. The lowest BCUT2D eigenvalue weighted by Gasteiger charge is -2.24. The number of aryl methyl sites for hydroxylation is 2. The summed E-state index contributed by atoms with van der Waals surface area (Å²) in [7, 11) is 0. The largest absolute Gasteiger partial charge is 0.493 e. The lowest BCUT2D eigenvalue weighted by molar-refractivity contribution is -0.128. The van der Waals surface area contributed by atoms with E-state index in [1.807, 2.05) is 39.8 Å². The summed E-state index contributed by atoms with van der Waals surface area (Å²) < 4.78 is 5.88. The molecule has 0 fully saturated rings. The second-order valence-electron chi connectivity index (χ2n) is 7.96. The van der Waals surface area contributed by atoms with Crippen LogP contribution in [0, 0.1) is 19.3 Å². The molecule has 0 aliphatic heterocycles. The number of ether oxygens (including phenoxy) is 1. The van der Waals surface area contributed by atoms with Gasteiger partial charge in [0.05, 0.1) is 6.61 Å². The van der Waals surface area contributed by atoms with Gasteiger partial charge in [-0.15, -0.1) is 0 Å². The molecule has 2 amide bonds. The molecule has 6 nitrogen and oxygen atoms in total. The molecule has 0 saturated heterocycles. The van der Waals surface area contributed by atoms with Gasteiger partial charge in [-0.25, -0.2) is 0 Å². The smallest absolute Gasteiger partial charge is 0.248 e. The Kier molecular flexibility index (Phi) is 7.94. The predicted octanol–water partition coefficient (Wildman–Crippen LogP) is 4.10. The Morgan fingerprint density at radius 2 is 1.87 bits per heavy atom. The van der Waals surface area contributed by atoms with Gasteiger partial charge >= 0.3 is 0 Å². The average molecular weight is 428 g/mol. The maximum Gasteiger partial charge on any atom is 0.248 e. The fourth-order valence-corrected chi connectivity index (χ4v) is 3.07. The van der Waals surface area contributed by atoms with E-state index in [0.717, 1.165) is 23.3 Å². The van der Waals surface area contributed by atoms with Crippen LogP contribution in [0.3, 0.4) is 0 Å². The molecule has 30 heavy (non-hydrogen) atoms. The second kappa shape index (κ2) is 10.2. The first kappa shape index (κ1) is 23.3. The van der Waals surface area contributed by atoms with Crippen LogP contribution in [0.1, 0.15) is 48.2 Å². The SMILES string of the molecule is Cc1ccc(C)c(OCCCC(C)(C)C(=O)NC(=S)Nc2cccc(C(N)=O)c2)c1. The van der Waals surface area contributed by atoms with Crippen LogP contribution in [0.2, 0.25) is 0 Å². The van der Waals surface area contributed by atoms with Gasteiger partial charge in [-0.05, 0) is 74.3 Å². The number of benzene rings is 2. The number of hydrogen-bond acceptors (Lipinski definition) is 4. The fourth-order valence-electron chi connectivity index (χ4n) is 2.86. The minimum absolute atomic E-state index is 0.168. The van der Waals surface area contributed by atoms with Crippen molar-refractivity contribution < 1.29 is 14.3 Å². The van der Waals surface area contributed by atoms with Crippen LogP contribution in [-0.4, -0.2) is 23.5 Å². The molecule has 0 unspecified atom stereocenters. The molecule has 2 rings (SSSR count). The van der Waals surface area contributed by atoms with E-state index in [4.69, 9.17) is 22.7 Å². The van der Waals surface area contributed by atoms with Crippen LogP contribution < -0.4 is 21.1 Å². The van der Waals surface area contributed by atoms with Crippen molar-refractivity contribution in [1.29, 1.82) is 0 Å². The summed E-state index contributed by atoms with van der Waals surface area (Å²) in [6.07, 6.45) is 1.37. The van der Waals surface area contributed by atoms with Crippen LogP contribution in [-0.2, 0) is 4.79 Å². The third-order valence-electron chi connectivity index (χ3n) is 4.79. The Hall–Kier alpha value is -2.93. The summed E-state index contributed by atoms with van der Waals surface area (Å²) in [6, 6.07) is 12.7. The van der Waals surface area contributed by atoms with Gasteiger partial charge in [0, 0.05) is 16.7 Å². The zero-order chi connectivity index (χ0) is 22.3. The number of amides is 2. The van der Waals surface area contributed by atoms with Crippen LogP contribution >= 0.6 is 12.2 Å². The van der Waals surface area contributed by atoms with Crippen molar-refractivity contribution in [3.8, 4) is 5.75 Å². The first-order valence-corrected chi connectivity index (χ1v) is 10.2. The summed E-state index contributed by atoms with van der Waals surface area (Å²) in [5, 5.41) is 5.79. The van der Waals surface area contributed by atoms with Gasteiger partial charge in [0.2, 0.25) is 11.8 Å². The Morgan fingerprint density at radius 3 is 2.57 bits per heavy atom. The molecule has 2 aromatic rings. The van der Waals surface area contributed by atoms with Crippen LogP contribution in [0.4, 0.5) is 5.69 Å². The number of rotatable bonds is 8. The maximum absolute atomic E-state index is 12.6. The number of thiocarbonyl (C=S) groups is 1. The maximum atomic E-state index is 12.6. The van der Waals surface area contributed by atoms with Gasteiger partial charge in [-0.1, -0.05) is 32.0 Å². The van der Waals surface area contributed by atoms with Crippen LogP contribution in [0.5, 0.6) is 5.75 Å². The molecule has 0 spiro atoms. The van der Waals surface area contributed by atoms with Crippen molar-refractivity contribution >= 4 is 34.8 Å². The van der Waals surface area contributed by atoms with Crippen molar-refractivity contribution in [3.05, 3.63) is 59.2 Å². The van der Waals surface area contributed by atoms with Gasteiger partial charge in [0.25, 0.3) is 0 Å². The number of nitrogens with two attached hydrogens (primary N) is 1. The molecule has 0 aromatic heterocycles. The lowest BCUT2D eigenvalue weighted by Crippen LogP contribution is -2.42. The van der Waals surface area contributed by atoms with Crippen molar-refractivity contribution in [1.82, 2.24) is 5.32 Å². The predicted molar refractivity (Wildman–Crippen MR) is 124 cm³/mol. The molecule has 0 aliphatic rings. The molecular weight excluding hydrogens is 398 g/mol. The standard InChI is InChI=1S/C23H29N3O3S/c1-15-9-10-16(2)19(13-15)29-12-6-11-23(3,4)21(28)26-22(30)25-18-8-5-7-17(14-18)20(24)27/h5,7-10,13-14H,6,11-12H2,1-4H3,(H2,24,27)(H2,25,26,28,30). The van der Waals surface area contributed by atoms with Gasteiger partial charge in [0.1, 0.15) is 5.75 Å². The minimum Gasteiger partial charge on any atom is -0.493 e. The van der Waals surface area contributed by atoms with E-state index in [-0.39, 0.29) is 11.0 Å². The molecule has 0 radical (unpaired) electrons. The van der Waals surface area contributed by atoms with Gasteiger partial charge in [-0.2, -0.15) is 0 Å². The number of hydrogen-bond donors (Lipinski definition) is 3. The van der Waals surface area contributed by atoms with E-state index in [1.54, 1.807) is 24.3 Å². The fraction of sp³-hybridized carbons (Fsp3) is 0.348. The molecule has 2 aromatic carbocycles. The van der Waals surface area contributed by atoms with Gasteiger partial charge in [-0.3, -0.25) is 9.59 Å². The van der Waals surface area contributed by atoms with Crippen LogP contribution in [0.15, 0.2) is 42.5 Å². The van der Waals surface area contributed by atoms with Gasteiger partial charge in [0.15, 0.2) is 5.11 Å². The molecule has 0 bridgehead atoms. The Balaban J connectivity index is 1.83. The molecule has 4 N–H and O–H groups in total. The topological polar surface area (TPSA) is 93.4 Å². The summed E-state index contributed by atoms with van der Waals surface area (Å²) in [6.45, 7) is 8.32. The normalized spacial score (nSPS) is 10.9. The molecule has 0 heterocycles. The summed E-state index contributed by atoms with van der Waals surface area (Å²) in [5.74, 6) is 0.163. The van der Waals surface area contributed by atoms with E-state index in [1.165, 1.54) is 0 Å². The minimum atomic E-state index is -0.619. The van der Waals surface area contributed by atoms with Gasteiger partial charge < -0.3 is 21.1 Å². The van der Waals surface area contributed by atoms with E-state index in [2.05, 4.69) is 16.7 Å². The second-order valence-corrected chi connectivity index (χ2v) is 8.37. The Bertz CT molecular complexity index is 941. The van der Waals surface area contributed by atoms with Crippen molar-refractivity contribution in [2.75, 3.05) is 11.9 Å². The van der Waals surface area contributed by atoms with Crippen molar-refractivity contribution in [2.45, 2.75) is 40.5 Å². The molecule has 160 valence electrons. The number of nitrogens with one attached hydrogen (secondary N) is 2. The zero-order valence-electron chi connectivity index (χ0n) is 17.9. The third-order valence-corrected chi connectivity index (χ3v) is 5.00. The molecular formula is C23H29N3O3S. The van der Waals surface area contributed by atoms with E-state index >= 15 is 0 Å². The summed E-state index contributed by atoms with van der Waals surface area (Å²) in [5.41, 5.74) is 7.85. The Morgan fingerprint density at radius 1 is 1.13 bits per heavy atom. The molecule has 0 atom stereocenters. The highest BCUT2D eigenvalue weighted by atomic mass is 32.1. The average Bonchev–Trinajstić information content (AvgIpc) is 2.67. The highest BCUT2D eigenvalue weighted by molar-refractivity contribution is 7.80. The first-order chi connectivity index (χ1) is 14.1. The molecule has 7 heteroatoms. The van der Waals surface area contributed by atoms with E-state index in [9.17, 15) is 9.59 Å². The summed E-state index contributed by atoms with van der Waals surface area (Å²) >= 11 is 5.23. The highest BCUT2D eigenvalue weighted by Gasteiger charge is 2.27. The lowest BCUT2D eigenvalue weighted by atomic mass is 9.87. The number of primary amides is 1. The van der Waals surface area contributed by atoms with Crippen LogP contribution in [0.25, 0.3) is 0 Å². The zero-order valence-corrected chi connectivity index (χ0v) is 18.7. The third kappa shape index (κ3) is 6.84. The van der Waals surface area contributed by atoms with Crippen molar-refractivity contribution in [3.63, 3.8) is 0 Å². The summed E-state index contributed by atoms with van der Waals surface area (Å²) in [4.78, 5) is 23.9. The van der Waals surface area contributed by atoms with E-state index in [0.29, 0.717) is 24.3 Å². The highest BCUT2D eigenvalue weighted by Crippen LogP contribution is 2.24. The number of carbonyl (C=O) groups is 2.